The number of hydrogen-bond donors (Lipinski definition) is 2. The molecule has 1 aromatic carbocycles. The van der Waals surface area contributed by atoms with Crippen molar-refractivity contribution in [1.29, 1.82) is 0 Å². The fourth-order valence-electron chi connectivity index (χ4n) is 1.10. The minimum atomic E-state index is -0.0478. The molecule has 0 fully saturated rings. The minimum Gasteiger partial charge on any atom is -0.332 e. The van der Waals surface area contributed by atoms with Gasteiger partial charge in [0.2, 0.25) is 0 Å². The average Bonchev–Trinajstić information content (AvgIpc) is 2.10. The topological polar surface area (TPSA) is 33.5 Å². The maximum Gasteiger partial charge on any atom is 0.279 e. The van der Waals surface area contributed by atoms with Gasteiger partial charge in [-0.15, -0.1) is 0 Å². The van der Waals surface area contributed by atoms with E-state index in [1.54, 1.807) is 18.2 Å². The van der Waals surface area contributed by atoms with E-state index in [1.165, 1.54) is 0 Å². The predicted molar refractivity (Wildman–Crippen MR) is 62.8 cm³/mol. The molecule has 0 bridgehead atoms. The van der Waals surface area contributed by atoms with Gasteiger partial charge in [-0.3, -0.25) is 4.79 Å². The molecule has 0 aromatic heterocycles. The zero-order valence-electron chi connectivity index (χ0n) is 8.60. The lowest BCUT2D eigenvalue weighted by molar-refractivity contribution is -0.849. The molecule has 3 nitrogen and oxygen atoms in total. The van der Waals surface area contributed by atoms with Gasteiger partial charge in [0.05, 0.1) is 24.1 Å². The Morgan fingerprint density at radius 1 is 1.33 bits per heavy atom. The van der Waals surface area contributed by atoms with Crippen LogP contribution in [0.5, 0.6) is 0 Å². The lowest BCUT2D eigenvalue weighted by atomic mass is 10.3. The van der Waals surface area contributed by atoms with Crippen molar-refractivity contribution in [2.75, 3.05) is 26.0 Å². The number of hydrogen-bond acceptors (Lipinski definition) is 1. The fraction of sp³-hybridized carbons (Fsp3) is 0.300. The molecule has 0 heterocycles. The first-order chi connectivity index (χ1) is 6.99. The number of quaternary nitrogens is 1. The van der Waals surface area contributed by atoms with Gasteiger partial charge in [-0.2, -0.15) is 0 Å². The van der Waals surface area contributed by atoms with Crippen LogP contribution in [-0.2, 0) is 4.79 Å². The third kappa shape index (κ3) is 4.08. The number of anilines is 1. The summed E-state index contributed by atoms with van der Waals surface area (Å²) in [6.07, 6.45) is 0. The summed E-state index contributed by atoms with van der Waals surface area (Å²) >= 11 is 11.6. The van der Waals surface area contributed by atoms with Crippen molar-refractivity contribution in [2.45, 2.75) is 0 Å². The second kappa shape index (κ2) is 5.35. The molecule has 2 N–H and O–H groups in total. The molecule has 0 aliphatic rings. The number of nitrogens with one attached hydrogen (secondary N) is 2. The third-order valence-corrected chi connectivity index (χ3v) is 2.46. The van der Waals surface area contributed by atoms with Crippen LogP contribution in [0.4, 0.5) is 5.69 Å². The summed E-state index contributed by atoms with van der Waals surface area (Å²) in [5, 5.41) is 3.65. The summed E-state index contributed by atoms with van der Waals surface area (Å²) in [5.41, 5.74) is 0.663. The van der Waals surface area contributed by atoms with Crippen LogP contribution in [0.25, 0.3) is 0 Å². The summed E-state index contributed by atoms with van der Waals surface area (Å²) in [5.74, 6) is -0.0478. The van der Waals surface area contributed by atoms with Crippen LogP contribution >= 0.6 is 23.2 Å². The van der Waals surface area contributed by atoms with Crippen LogP contribution in [-0.4, -0.2) is 26.5 Å². The van der Waals surface area contributed by atoms with E-state index < -0.39 is 0 Å². The number of carbonyl (C=O) groups excluding carboxylic acids is 1. The highest BCUT2D eigenvalue weighted by molar-refractivity contribution is 6.42. The fourth-order valence-corrected chi connectivity index (χ4v) is 1.40. The maximum absolute atomic E-state index is 11.4. The van der Waals surface area contributed by atoms with Gasteiger partial charge in [0.1, 0.15) is 0 Å². The Kier molecular flexibility index (Phi) is 4.39. The van der Waals surface area contributed by atoms with Crippen LogP contribution in [0.3, 0.4) is 0 Å². The Balaban J connectivity index is 2.65. The molecule has 0 spiro atoms. The average molecular weight is 248 g/mol. The van der Waals surface area contributed by atoms with Crippen LogP contribution in [0, 0.1) is 0 Å². The molecule has 0 aliphatic heterocycles. The van der Waals surface area contributed by atoms with Crippen molar-refractivity contribution in [3.63, 3.8) is 0 Å². The van der Waals surface area contributed by atoms with E-state index in [-0.39, 0.29) is 5.91 Å². The first-order valence-electron chi connectivity index (χ1n) is 4.53. The minimum absolute atomic E-state index is 0.0478. The molecule has 1 rings (SSSR count). The Hall–Kier alpha value is -0.770. The summed E-state index contributed by atoms with van der Waals surface area (Å²) in [6.45, 7) is 0.417. The first-order valence-corrected chi connectivity index (χ1v) is 5.28. The first kappa shape index (κ1) is 12.3. The van der Waals surface area contributed by atoms with Gasteiger partial charge in [-0.25, -0.2) is 0 Å². The van der Waals surface area contributed by atoms with Crippen molar-refractivity contribution >= 4 is 34.8 Å². The van der Waals surface area contributed by atoms with Gasteiger partial charge in [-0.05, 0) is 18.2 Å². The molecule has 0 saturated heterocycles. The van der Waals surface area contributed by atoms with Crippen molar-refractivity contribution in [3.05, 3.63) is 28.2 Å². The zero-order valence-corrected chi connectivity index (χ0v) is 10.1. The summed E-state index contributed by atoms with van der Waals surface area (Å²) in [6, 6.07) is 5.01. The highest BCUT2D eigenvalue weighted by Gasteiger charge is 2.07. The van der Waals surface area contributed by atoms with Crippen LogP contribution in [0.2, 0.25) is 10.0 Å². The number of likely N-dealkylation sites (N-methyl/N-ethyl adjacent to an activating group) is 1. The van der Waals surface area contributed by atoms with Gasteiger partial charge < -0.3 is 10.2 Å². The molecule has 15 heavy (non-hydrogen) atoms. The number of rotatable bonds is 3. The smallest absolute Gasteiger partial charge is 0.279 e. The molecule has 1 aromatic rings. The molecule has 5 heteroatoms. The molecule has 0 radical (unpaired) electrons. The van der Waals surface area contributed by atoms with Crippen molar-refractivity contribution in [1.82, 2.24) is 0 Å². The molecule has 0 aliphatic carbocycles. The largest absolute Gasteiger partial charge is 0.332 e. The number of benzene rings is 1. The summed E-state index contributed by atoms with van der Waals surface area (Å²) in [7, 11) is 3.82. The second-order valence-corrected chi connectivity index (χ2v) is 4.38. The van der Waals surface area contributed by atoms with E-state index in [9.17, 15) is 4.79 Å². The lowest BCUT2D eigenvalue weighted by Crippen LogP contribution is -3.06. The van der Waals surface area contributed by atoms with E-state index in [2.05, 4.69) is 5.32 Å². The number of amides is 1. The predicted octanol–water partition coefficient (Wildman–Crippen LogP) is 1.08. The standard InChI is InChI=1S/C10H12Cl2N2O/c1-14(2)6-10(15)13-7-3-4-8(11)9(12)5-7/h3-5H,6H2,1-2H3,(H,13,15)/p+1. The highest BCUT2D eigenvalue weighted by atomic mass is 35.5. The van der Waals surface area contributed by atoms with Gasteiger partial charge in [0.15, 0.2) is 6.54 Å². The lowest BCUT2D eigenvalue weighted by Gasteiger charge is -2.08. The van der Waals surface area contributed by atoms with E-state index in [0.717, 1.165) is 4.90 Å². The van der Waals surface area contributed by atoms with Crippen LogP contribution in [0.1, 0.15) is 0 Å². The zero-order chi connectivity index (χ0) is 11.4. The van der Waals surface area contributed by atoms with E-state index in [4.69, 9.17) is 23.2 Å². The van der Waals surface area contributed by atoms with Crippen molar-refractivity contribution < 1.29 is 9.69 Å². The second-order valence-electron chi connectivity index (χ2n) is 3.56. The molecule has 0 atom stereocenters. The van der Waals surface area contributed by atoms with Gasteiger partial charge in [0.25, 0.3) is 5.91 Å². The highest BCUT2D eigenvalue weighted by Crippen LogP contribution is 2.24. The van der Waals surface area contributed by atoms with Crippen LogP contribution < -0.4 is 10.2 Å². The van der Waals surface area contributed by atoms with Gasteiger partial charge >= 0.3 is 0 Å². The third-order valence-electron chi connectivity index (χ3n) is 1.72. The molecule has 0 saturated carbocycles. The summed E-state index contributed by atoms with van der Waals surface area (Å²) in [4.78, 5) is 12.5. The molecule has 0 unspecified atom stereocenters. The molecule has 1 amide bonds. The van der Waals surface area contributed by atoms with Gasteiger partial charge in [0, 0.05) is 5.69 Å². The Bertz CT molecular complexity index is 366. The Morgan fingerprint density at radius 3 is 2.53 bits per heavy atom. The van der Waals surface area contributed by atoms with E-state index in [0.29, 0.717) is 22.3 Å². The van der Waals surface area contributed by atoms with Gasteiger partial charge in [-0.1, -0.05) is 23.2 Å². The molecular weight excluding hydrogens is 235 g/mol. The Morgan fingerprint density at radius 2 is 2.00 bits per heavy atom. The quantitative estimate of drug-likeness (QED) is 0.824. The molecule has 82 valence electrons. The van der Waals surface area contributed by atoms with Crippen molar-refractivity contribution in [3.8, 4) is 0 Å². The maximum atomic E-state index is 11.4. The van der Waals surface area contributed by atoms with Crippen molar-refractivity contribution in [2.24, 2.45) is 0 Å². The normalized spacial score (nSPS) is 10.5. The number of carbonyl (C=O) groups is 1. The van der Waals surface area contributed by atoms with E-state index >= 15 is 0 Å². The van der Waals surface area contributed by atoms with E-state index in [1.807, 2.05) is 14.1 Å². The SMILES string of the molecule is C[NH+](C)CC(=O)Nc1ccc(Cl)c(Cl)c1. The summed E-state index contributed by atoms with van der Waals surface area (Å²) < 4.78 is 0. The molecular formula is C10H13Cl2N2O+. The number of halogens is 2. The van der Waals surface area contributed by atoms with Crippen LogP contribution in [0.15, 0.2) is 18.2 Å². The monoisotopic (exact) mass is 247 g/mol. The Labute approximate surface area is 99.0 Å².